The molecule has 206 valence electrons. The molecule has 0 saturated heterocycles. The third-order valence-electron chi connectivity index (χ3n) is 5.75. The van der Waals surface area contributed by atoms with E-state index in [9.17, 15) is 21.2 Å². The van der Waals surface area contributed by atoms with Gasteiger partial charge in [-0.1, -0.05) is 54.1 Å². The van der Waals surface area contributed by atoms with Crippen LogP contribution in [0.25, 0.3) is 0 Å². The Morgan fingerprint density at radius 3 is 2.33 bits per heavy atom. The molecule has 2 atom stereocenters. The average Bonchev–Trinajstić information content (AvgIpc) is 3.32. The van der Waals surface area contributed by atoms with Crippen LogP contribution >= 0.6 is 11.6 Å². The summed E-state index contributed by atoms with van der Waals surface area (Å²) >= 11 is 5.91. The van der Waals surface area contributed by atoms with Gasteiger partial charge >= 0.3 is 0 Å². The minimum absolute atomic E-state index is 0.0562. The maximum atomic E-state index is 13.7. The Morgan fingerprint density at radius 1 is 1.08 bits per heavy atom. The molecule has 0 radical (unpaired) electrons. The first-order chi connectivity index (χ1) is 18.4. The van der Waals surface area contributed by atoms with Crippen molar-refractivity contribution in [1.29, 1.82) is 0 Å². The third kappa shape index (κ3) is 7.61. The smallest absolute Gasteiger partial charge is 0.285 e. The highest BCUT2D eigenvalue weighted by molar-refractivity contribution is 7.90. The van der Waals surface area contributed by atoms with Crippen molar-refractivity contribution < 1.29 is 21.2 Å². The van der Waals surface area contributed by atoms with Crippen LogP contribution in [0.4, 0.5) is 4.39 Å². The first-order valence-corrected chi connectivity index (χ1v) is 15.1. The molecule has 0 amide bonds. The highest BCUT2D eigenvalue weighted by Gasteiger charge is 2.32. The zero-order valence-electron chi connectivity index (χ0n) is 20.7. The van der Waals surface area contributed by atoms with Gasteiger partial charge in [0.15, 0.2) is 0 Å². The van der Waals surface area contributed by atoms with E-state index in [1.165, 1.54) is 41.4 Å². The standard InChI is InChI=1S/C25H26ClFN6O4S2/c1-17(31-39(28,36)37)15-29-25(32-38(34,35)22-13-9-20(26)10-14-22)33-16-23(18-5-3-2-4-6-18)24(30-33)19-7-11-21(27)12-8-19/h2-14,17,23,31H,15-16H2,1H3,(H,29,32)(H2,28,36,37)/t17-,23+/m1/s1. The highest BCUT2D eigenvalue weighted by atomic mass is 35.5. The molecule has 0 saturated carbocycles. The van der Waals surface area contributed by atoms with Crippen LogP contribution in [0.3, 0.4) is 0 Å². The van der Waals surface area contributed by atoms with Crippen LogP contribution in [-0.4, -0.2) is 52.6 Å². The van der Waals surface area contributed by atoms with Gasteiger partial charge in [0.1, 0.15) is 5.82 Å². The number of benzene rings is 3. The highest BCUT2D eigenvalue weighted by Crippen LogP contribution is 2.29. The van der Waals surface area contributed by atoms with Crippen LogP contribution in [0.2, 0.25) is 5.02 Å². The Bertz CT molecular complexity index is 1580. The molecule has 1 heterocycles. The Hall–Kier alpha value is -3.36. The molecule has 0 aliphatic carbocycles. The summed E-state index contributed by atoms with van der Waals surface area (Å²) in [6.45, 7) is 1.70. The molecule has 4 N–H and O–H groups in total. The van der Waals surface area contributed by atoms with Gasteiger partial charge in [0.2, 0.25) is 5.96 Å². The summed E-state index contributed by atoms with van der Waals surface area (Å²) in [6.07, 6.45) is 0. The fourth-order valence-corrected chi connectivity index (χ4v) is 5.71. The lowest BCUT2D eigenvalue weighted by atomic mass is 9.91. The Kier molecular flexibility index (Phi) is 8.67. The summed E-state index contributed by atoms with van der Waals surface area (Å²) in [7, 11) is -8.22. The topological polar surface area (TPSA) is 146 Å². The normalized spacial score (nSPS) is 17.1. The summed E-state index contributed by atoms with van der Waals surface area (Å²) in [5.41, 5.74) is 2.14. The molecule has 3 aromatic rings. The second kappa shape index (κ2) is 11.8. The molecule has 0 fully saturated rings. The average molecular weight is 593 g/mol. The van der Waals surface area contributed by atoms with Gasteiger partial charge in [-0.05, 0) is 54.4 Å². The van der Waals surface area contributed by atoms with Crippen molar-refractivity contribution in [1.82, 2.24) is 15.0 Å². The van der Waals surface area contributed by atoms with Gasteiger partial charge in [0, 0.05) is 23.5 Å². The van der Waals surface area contributed by atoms with E-state index in [1.54, 1.807) is 19.1 Å². The minimum atomic E-state index is -4.22. The molecule has 1 aliphatic rings. The lowest BCUT2D eigenvalue weighted by Gasteiger charge is -2.21. The van der Waals surface area contributed by atoms with E-state index in [-0.39, 0.29) is 29.9 Å². The maximum Gasteiger partial charge on any atom is 0.285 e. The fourth-order valence-electron chi connectivity index (χ4n) is 3.97. The minimum Gasteiger partial charge on any atom is -0.352 e. The lowest BCUT2D eigenvalue weighted by molar-refractivity contribution is 0.450. The first kappa shape index (κ1) is 28.6. The van der Waals surface area contributed by atoms with Crippen LogP contribution in [0.1, 0.15) is 24.0 Å². The number of nitrogens with zero attached hydrogens (tertiary/aromatic N) is 3. The number of sulfonamides is 1. The Labute approximate surface area is 231 Å². The van der Waals surface area contributed by atoms with Gasteiger partial charge in [-0.15, -0.1) is 4.40 Å². The van der Waals surface area contributed by atoms with Gasteiger partial charge < -0.3 is 5.32 Å². The van der Waals surface area contributed by atoms with E-state index in [2.05, 4.69) is 19.5 Å². The summed E-state index contributed by atoms with van der Waals surface area (Å²) in [5.74, 6) is -0.840. The predicted molar refractivity (Wildman–Crippen MR) is 149 cm³/mol. The van der Waals surface area contributed by atoms with Crippen molar-refractivity contribution in [2.24, 2.45) is 14.6 Å². The van der Waals surface area contributed by atoms with Crippen LogP contribution < -0.4 is 15.2 Å². The maximum absolute atomic E-state index is 13.7. The van der Waals surface area contributed by atoms with E-state index >= 15 is 0 Å². The van der Waals surface area contributed by atoms with Crippen molar-refractivity contribution in [3.8, 4) is 0 Å². The van der Waals surface area contributed by atoms with Crippen molar-refractivity contribution in [3.63, 3.8) is 0 Å². The summed E-state index contributed by atoms with van der Waals surface area (Å²) in [4.78, 5) is -0.0940. The fraction of sp³-hybridized carbons (Fsp3) is 0.200. The molecule has 0 unspecified atom stereocenters. The van der Waals surface area contributed by atoms with Crippen molar-refractivity contribution in [2.75, 3.05) is 13.1 Å². The van der Waals surface area contributed by atoms with Crippen molar-refractivity contribution >= 4 is 43.5 Å². The zero-order valence-corrected chi connectivity index (χ0v) is 23.1. The summed E-state index contributed by atoms with van der Waals surface area (Å²) in [5, 5.41) is 14.4. The Balaban J connectivity index is 1.75. The quantitative estimate of drug-likeness (QED) is 0.271. The van der Waals surface area contributed by atoms with Gasteiger partial charge in [-0.3, -0.25) is 0 Å². The largest absolute Gasteiger partial charge is 0.352 e. The zero-order chi connectivity index (χ0) is 28.2. The molecular formula is C25H26ClFN6O4S2. The number of guanidine groups is 1. The number of rotatable bonds is 8. The number of nitrogens with one attached hydrogen (secondary N) is 2. The van der Waals surface area contributed by atoms with E-state index in [0.29, 0.717) is 16.3 Å². The van der Waals surface area contributed by atoms with Crippen LogP contribution in [0.5, 0.6) is 0 Å². The van der Waals surface area contributed by atoms with Gasteiger partial charge in [0.05, 0.1) is 17.2 Å². The number of nitrogens with two attached hydrogens (primary N) is 1. The number of halogens is 2. The second-order valence-corrected chi connectivity index (χ2v) is 12.2. The van der Waals surface area contributed by atoms with Crippen molar-refractivity contribution in [2.45, 2.75) is 23.8 Å². The van der Waals surface area contributed by atoms with Crippen molar-refractivity contribution in [3.05, 3.63) is 101 Å². The summed E-state index contributed by atoms with van der Waals surface area (Å²) < 4.78 is 69.2. The molecule has 0 spiro atoms. The monoisotopic (exact) mass is 592 g/mol. The van der Waals surface area contributed by atoms with E-state index in [1.807, 2.05) is 30.3 Å². The Morgan fingerprint density at radius 2 is 1.72 bits per heavy atom. The molecule has 0 bridgehead atoms. The van der Waals surface area contributed by atoms with E-state index in [4.69, 9.17) is 16.7 Å². The molecule has 39 heavy (non-hydrogen) atoms. The predicted octanol–water partition coefficient (Wildman–Crippen LogP) is 2.80. The van der Waals surface area contributed by atoms with Crippen LogP contribution in [0.15, 0.2) is 93.3 Å². The molecule has 0 aromatic heterocycles. The molecular weight excluding hydrogens is 567 g/mol. The first-order valence-electron chi connectivity index (χ1n) is 11.7. The summed E-state index contributed by atoms with van der Waals surface area (Å²) in [6, 6.07) is 20.1. The number of hydrogen-bond donors (Lipinski definition) is 3. The van der Waals surface area contributed by atoms with Gasteiger partial charge in [-0.2, -0.15) is 26.7 Å². The molecule has 14 heteroatoms. The van der Waals surface area contributed by atoms with Gasteiger partial charge in [0.25, 0.3) is 20.2 Å². The lowest BCUT2D eigenvalue weighted by Crippen LogP contribution is -2.47. The van der Waals surface area contributed by atoms with Gasteiger partial charge in [-0.25, -0.2) is 14.5 Å². The van der Waals surface area contributed by atoms with Crippen LogP contribution in [0, 0.1) is 5.82 Å². The molecule has 4 rings (SSSR count). The number of hydrogen-bond acceptors (Lipinski definition) is 5. The number of hydrazone groups is 1. The second-order valence-electron chi connectivity index (χ2n) is 8.83. The molecule has 3 aromatic carbocycles. The molecule has 1 aliphatic heterocycles. The third-order valence-corrected chi connectivity index (χ3v) is 8.01. The van der Waals surface area contributed by atoms with E-state index in [0.717, 1.165) is 5.56 Å². The SMILES string of the molecule is C[C@H](CN/C(=N\S(=O)(=O)c1ccc(Cl)cc1)N1C[C@@H](c2ccccc2)C(c2ccc(F)cc2)=N1)NS(N)(=O)=O. The van der Waals surface area contributed by atoms with Crippen LogP contribution in [-0.2, 0) is 20.2 Å². The molecule has 10 nitrogen and oxygen atoms in total. The van der Waals surface area contributed by atoms with E-state index < -0.39 is 32.1 Å².